The largest absolute Gasteiger partial charge is 0.485 e. The molecule has 1 aromatic heterocycles. The van der Waals surface area contributed by atoms with Crippen molar-refractivity contribution in [3.63, 3.8) is 0 Å². The molecule has 0 bridgehead atoms. The number of ether oxygens (including phenoxy) is 1. The van der Waals surface area contributed by atoms with Crippen molar-refractivity contribution in [1.82, 2.24) is 9.29 Å². The average Bonchev–Trinajstić information content (AvgIpc) is 3.80. The smallest absolute Gasteiger partial charge is 0.268 e. The number of nitrogens with zero attached hydrogens (tertiary/aromatic N) is 1. The quantitative estimate of drug-likeness (QED) is 0.231. The van der Waals surface area contributed by atoms with Crippen molar-refractivity contribution in [3.8, 4) is 5.75 Å². The van der Waals surface area contributed by atoms with Crippen molar-refractivity contribution in [2.45, 2.75) is 72.2 Å². The Morgan fingerprint density at radius 2 is 1.61 bits per heavy atom. The number of nitrogens with one attached hydrogen (secondary N) is 1. The van der Waals surface area contributed by atoms with E-state index in [0.29, 0.717) is 38.0 Å². The van der Waals surface area contributed by atoms with Gasteiger partial charge >= 0.3 is 0 Å². The van der Waals surface area contributed by atoms with Crippen LogP contribution in [0.1, 0.15) is 77.9 Å². The number of amides is 1. The number of carbonyl (C=O) groups is 2. The Hall–Kier alpha value is -4.08. The number of benzene rings is 3. The minimum absolute atomic E-state index is 0.0232. The van der Waals surface area contributed by atoms with Gasteiger partial charge in [0.25, 0.3) is 15.9 Å². The van der Waals surface area contributed by atoms with Crippen LogP contribution in [0.15, 0.2) is 53.6 Å². The van der Waals surface area contributed by atoms with Crippen LogP contribution in [-0.2, 0) is 10.0 Å². The number of carbonyl (C=O) groups excluding carboxylic acids is 2. The van der Waals surface area contributed by atoms with Gasteiger partial charge in [-0.1, -0.05) is 63.1 Å². The van der Waals surface area contributed by atoms with Crippen molar-refractivity contribution >= 4 is 56.4 Å². The highest BCUT2D eigenvalue weighted by Gasteiger charge is 2.33. The maximum absolute atomic E-state index is 14.1. The first-order chi connectivity index (χ1) is 21.9. The van der Waals surface area contributed by atoms with Crippen LogP contribution in [-0.4, -0.2) is 36.7 Å². The third kappa shape index (κ3) is 6.86. The van der Waals surface area contributed by atoms with Crippen molar-refractivity contribution in [1.29, 1.82) is 0 Å². The molecule has 3 aromatic carbocycles. The third-order valence-electron chi connectivity index (χ3n) is 7.88. The molecule has 2 heterocycles. The first kappa shape index (κ1) is 34.8. The highest BCUT2D eigenvalue weighted by Crippen LogP contribution is 2.34. The minimum atomic E-state index is -4.04. The fraction of sp³-hybridized carbons (Fsp3) is 0.333. The summed E-state index contributed by atoms with van der Waals surface area (Å²) in [6, 6.07) is 12.1. The molecule has 0 radical (unpaired) electrons. The second kappa shape index (κ2) is 14.1. The lowest BCUT2D eigenvalue weighted by molar-refractivity contribution is 0.0911. The Bertz CT molecular complexity index is 2020. The highest BCUT2D eigenvalue weighted by atomic mass is 35.5. The maximum atomic E-state index is 14.1. The van der Waals surface area contributed by atoms with Crippen LogP contribution in [0, 0.1) is 26.7 Å². The van der Waals surface area contributed by atoms with Crippen LogP contribution in [0.25, 0.3) is 23.0 Å². The van der Waals surface area contributed by atoms with Gasteiger partial charge in [0.05, 0.1) is 15.8 Å². The van der Waals surface area contributed by atoms with Gasteiger partial charge < -0.3 is 15.8 Å². The molecule has 3 N–H and O–H groups in total. The van der Waals surface area contributed by atoms with Gasteiger partial charge in [0.1, 0.15) is 5.75 Å². The molecule has 0 spiro atoms. The topological polar surface area (TPSA) is 120 Å². The summed E-state index contributed by atoms with van der Waals surface area (Å²) >= 11 is 6.10. The molecule has 1 saturated carbocycles. The number of aryl methyl sites for hydroxylation is 3. The minimum Gasteiger partial charge on any atom is -0.485 e. The second-order valence-corrected chi connectivity index (χ2v) is 13.3. The van der Waals surface area contributed by atoms with Crippen LogP contribution in [0.5, 0.6) is 5.75 Å². The molecule has 1 amide bonds. The summed E-state index contributed by atoms with van der Waals surface area (Å²) in [7, 11) is -4.04. The Labute approximate surface area is 275 Å². The first-order valence-corrected chi connectivity index (χ1v) is 17.5. The summed E-state index contributed by atoms with van der Waals surface area (Å²) in [5.41, 5.74) is 8.16. The van der Waals surface area contributed by atoms with Crippen LogP contribution in [0.4, 0.5) is 0 Å². The molecule has 1 fully saturated rings. The van der Waals surface area contributed by atoms with E-state index in [1.54, 1.807) is 50.4 Å². The van der Waals surface area contributed by atoms with Crippen molar-refractivity contribution in [3.05, 3.63) is 92.1 Å². The zero-order valence-electron chi connectivity index (χ0n) is 27.4. The number of primary amides is 1. The van der Waals surface area contributed by atoms with Crippen molar-refractivity contribution in [2.24, 2.45) is 11.7 Å². The molecule has 1 aliphatic carbocycles. The lowest BCUT2D eigenvalue weighted by atomic mass is 10.1. The molecule has 10 heteroatoms. The number of fused-ring (bicyclic) bond motifs is 2. The predicted molar refractivity (Wildman–Crippen MR) is 185 cm³/mol. The standard InChI is InChI=1S/C32H30ClN3O5S.2C2H6/c1-17-8-18(2)31(19(3)9-17)42(39,40)36-15-26(25-14-35-27(13-28(25)36)20-4-5-20)29(37)16-41-30-12-21-6-7-23(33)10-22(21)11-24(30)32(34)38;2*1-2/h6-15,20,27,35H,4-5,16H2,1-3H3,(H2,34,38);2*1-2H3. The summed E-state index contributed by atoms with van der Waals surface area (Å²) in [4.78, 5) is 26.1. The van der Waals surface area contributed by atoms with Gasteiger partial charge in [0, 0.05) is 34.2 Å². The molecular formula is C36H42ClN3O5S. The van der Waals surface area contributed by atoms with Gasteiger partial charge in [0.15, 0.2) is 6.61 Å². The number of halogens is 1. The zero-order valence-corrected chi connectivity index (χ0v) is 29.0. The van der Waals surface area contributed by atoms with Gasteiger partial charge in [-0.3, -0.25) is 9.59 Å². The summed E-state index contributed by atoms with van der Waals surface area (Å²) in [6.45, 7) is 13.0. The van der Waals surface area contributed by atoms with E-state index >= 15 is 0 Å². The molecule has 1 aliphatic heterocycles. The van der Waals surface area contributed by atoms with E-state index in [4.69, 9.17) is 22.1 Å². The number of aromatic nitrogens is 1. The highest BCUT2D eigenvalue weighted by molar-refractivity contribution is 7.90. The molecule has 8 nitrogen and oxygen atoms in total. The molecule has 0 saturated heterocycles. The third-order valence-corrected chi connectivity index (χ3v) is 10.1. The SMILES string of the molecule is CC.CC.Cc1cc(C)c(S(=O)(=O)n2cc(C(=O)COc3cc4ccc(Cl)cc4cc3C(N)=O)c3c2=CC(C2CC2)NC=3)c(C)c1. The number of hydrogen-bond acceptors (Lipinski definition) is 6. The van der Waals surface area contributed by atoms with Gasteiger partial charge in [-0.05, 0) is 91.8 Å². The number of hydrogen-bond donors (Lipinski definition) is 2. The lowest BCUT2D eigenvalue weighted by Crippen LogP contribution is -2.44. The van der Waals surface area contributed by atoms with Crippen molar-refractivity contribution < 1.29 is 22.7 Å². The van der Waals surface area contributed by atoms with E-state index in [0.717, 1.165) is 23.8 Å². The van der Waals surface area contributed by atoms with E-state index < -0.39 is 28.3 Å². The monoisotopic (exact) mass is 663 g/mol. The molecule has 2 aliphatic rings. The molecule has 6 rings (SSSR count). The molecule has 244 valence electrons. The molecule has 46 heavy (non-hydrogen) atoms. The Kier molecular flexibility index (Phi) is 10.7. The summed E-state index contributed by atoms with van der Waals surface area (Å²) in [5.74, 6) is -0.586. The molecular weight excluding hydrogens is 622 g/mol. The van der Waals surface area contributed by atoms with Crippen LogP contribution < -0.4 is 26.4 Å². The average molecular weight is 664 g/mol. The van der Waals surface area contributed by atoms with E-state index in [-0.39, 0.29) is 27.8 Å². The van der Waals surface area contributed by atoms with Gasteiger partial charge in [-0.15, -0.1) is 0 Å². The maximum Gasteiger partial charge on any atom is 0.268 e. The Morgan fingerprint density at radius 1 is 0.957 bits per heavy atom. The number of rotatable bonds is 8. The normalized spacial score (nSPS) is 15.1. The Morgan fingerprint density at radius 3 is 2.22 bits per heavy atom. The van der Waals surface area contributed by atoms with Crippen molar-refractivity contribution in [2.75, 3.05) is 6.61 Å². The van der Waals surface area contributed by atoms with Gasteiger partial charge in [-0.25, -0.2) is 12.4 Å². The molecule has 4 aromatic rings. The van der Waals surface area contributed by atoms with E-state index in [1.165, 1.54) is 10.2 Å². The summed E-state index contributed by atoms with van der Waals surface area (Å²) in [5, 5.41) is 6.23. The fourth-order valence-electron chi connectivity index (χ4n) is 5.83. The zero-order chi connectivity index (χ0) is 33.9. The predicted octanol–water partition coefficient (Wildman–Crippen LogP) is 5.77. The second-order valence-electron chi connectivity index (χ2n) is 11.1. The van der Waals surface area contributed by atoms with E-state index in [2.05, 4.69) is 5.32 Å². The Balaban J connectivity index is 0.00000116. The fourth-order valence-corrected chi connectivity index (χ4v) is 7.80. The number of nitrogens with two attached hydrogens (primary N) is 1. The van der Waals surface area contributed by atoms with Crippen LogP contribution in [0.2, 0.25) is 5.02 Å². The number of ketones is 1. The van der Waals surface area contributed by atoms with E-state index in [9.17, 15) is 18.0 Å². The first-order valence-electron chi connectivity index (χ1n) is 15.7. The lowest BCUT2D eigenvalue weighted by Gasteiger charge is -2.17. The number of Topliss-reactive ketones (excluding diaryl/α,β-unsaturated/α-hetero) is 1. The van der Waals surface area contributed by atoms with Gasteiger partial charge in [-0.2, -0.15) is 0 Å². The van der Waals surface area contributed by atoms with E-state index in [1.807, 2.05) is 52.8 Å². The summed E-state index contributed by atoms with van der Waals surface area (Å²) in [6.07, 6.45) is 7.12. The van der Waals surface area contributed by atoms with Crippen LogP contribution >= 0.6 is 11.6 Å². The van der Waals surface area contributed by atoms with Crippen LogP contribution in [0.3, 0.4) is 0 Å². The van der Waals surface area contributed by atoms with Gasteiger partial charge in [0.2, 0.25) is 5.78 Å². The molecule has 1 atom stereocenters. The molecule has 1 unspecified atom stereocenters. The summed E-state index contributed by atoms with van der Waals surface area (Å²) < 4.78 is 35.4.